The number of benzene rings is 1. The van der Waals surface area contributed by atoms with Gasteiger partial charge in [-0.1, -0.05) is 12.1 Å². The molecule has 0 amide bonds. The van der Waals surface area contributed by atoms with Crippen LogP contribution in [0.15, 0.2) is 41.0 Å². The summed E-state index contributed by atoms with van der Waals surface area (Å²) in [6, 6.07) is 12.1. The Bertz CT molecular complexity index is 1040. The Balaban J connectivity index is 1.57. The molecule has 1 aromatic carbocycles. The maximum atomic E-state index is 9.33. The van der Waals surface area contributed by atoms with Gasteiger partial charge in [0.25, 0.3) is 0 Å². The Morgan fingerprint density at radius 3 is 2.57 bits per heavy atom. The average Bonchev–Trinajstić information content (AvgIpc) is 3.23. The first-order valence-electron chi connectivity index (χ1n) is 10.4. The summed E-state index contributed by atoms with van der Waals surface area (Å²) in [5.74, 6) is 2.09. The molecule has 3 aromatic rings. The molecule has 0 radical (unpaired) electrons. The molecule has 30 heavy (non-hydrogen) atoms. The monoisotopic (exact) mass is 404 g/mol. The van der Waals surface area contributed by atoms with E-state index < -0.39 is 5.41 Å². The zero-order chi connectivity index (χ0) is 21.1. The first-order valence-corrected chi connectivity index (χ1v) is 10.4. The summed E-state index contributed by atoms with van der Waals surface area (Å²) in [5.41, 5.74) is 2.87. The van der Waals surface area contributed by atoms with E-state index in [0.717, 1.165) is 60.6 Å². The minimum atomic E-state index is -0.517. The number of hydrogen-bond acceptors (Lipinski definition) is 7. The summed E-state index contributed by atoms with van der Waals surface area (Å²) in [4.78, 5) is 11.7. The van der Waals surface area contributed by atoms with Crippen LogP contribution in [0.3, 0.4) is 0 Å². The molecule has 2 N–H and O–H groups in total. The Labute approximate surface area is 177 Å². The van der Waals surface area contributed by atoms with Gasteiger partial charge in [-0.15, -0.1) is 0 Å². The molecular weight excluding hydrogens is 376 g/mol. The van der Waals surface area contributed by atoms with Crippen molar-refractivity contribution in [1.29, 1.82) is 5.26 Å². The van der Waals surface area contributed by atoms with Crippen LogP contribution in [0.1, 0.15) is 32.3 Å². The number of aromatic nitrogens is 2. The predicted molar refractivity (Wildman–Crippen MR) is 119 cm³/mol. The van der Waals surface area contributed by atoms with Crippen LogP contribution in [-0.2, 0) is 5.41 Å². The molecule has 4 rings (SSSR count). The summed E-state index contributed by atoms with van der Waals surface area (Å²) in [6.07, 6.45) is 3.93. The lowest BCUT2D eigenvalue weighted by Crippen LogP contribution is -2.37. The van der Waals surface area contributed by atoms with Gasteiger partial charge < -0.3 is 20.0 Å². The highest BCUT2D eigenvalue weighted by molar-refractivity contribution is 5.85. The molecule has 0 saturated carbocycles. The summed E-state index contributed by atoms with van der Waals surface area (Å²) < 4.78 is 5.71. The second kappa shape index (κ2) is 8.33. The van der Waals surface area contributed by atoms with E-state index in [4.69, 9.17) is 9.40 Å². The van der Waals surface area contributed by atoms with E-state index in [1.165, 1.54) is 0 Å². The quantitative estimate of drug-likeness (QED) is 0.636. The highest BCUT2D eigenvalue weighted by Crippen LogP contribution is 2.31. The number of rotatable bonds is 6. The Morgan fingerprint density at radius 2 is 1.90 bits per heavy atom. The summed E-state index contributed by atoms with van der Waals surface area (Å²) >= 11 is 0. The molecule has 1 aliphatic heterocycles. The summed E-state index contributed by atoms with van der Waals surface area (Å²) in [6.45, 7) is 6.79. The van der Waals surface area contributed by atoms with E-state index in [2.05, 4.69) is 26.6 Å². The standard InChI is InChI=1S/C23H28N6O/c1-23(2,15-24)17-4-6-18(7-5-17)26-22-27-19-10-13-30-20(19)21(28-22)29-11-8-16(9-12-29)14-25-3/h4-7,10,13,16,25H,8-9,11-12,14H2,1-3H3,(H,26,27,28). The first-order chi connectivity index (χ1) is 14.5. The van der Waals surface area contributed by atoms with Crippen LogP contribution in [0.2, 0.25) is 0 Å². The third kappa shape index (κ3) is 4.10. The van der Waals surface area contributed by atoms with E-state index in [0.29, 0.717) is 11.9 Å². The molecule has 156 valence electrons. The minimum Gasteiger partial charge on any atom is -0.459 e. The van der Waals surface area contributed by atoms with E-state index in [9.17, 15) is 5.26 Å². The maximum Gasteiger partial charge on any atom is 0.229 e. The topological polar surface area (TPSA) is 90.0 Å². The molecule has 7 nitrogen and oxygen atoms in total. The molecule has 7 heteroatoms. The number of nitrogens with one attached hydrogen (secondary N) is 2. The van der Waals surface area contributed by atoms with Gasteiger partial charge in [-0.25, -0.2) is 4.98 Å². The van der Waals surface area contributed by atoms with Gasteiger partial charge in [0.15, 0.2) is 11.4 Å². The van der Waals surface area contributed by atoms with Crippen molar-refractivity contribution in [3.05, 3.63) is 42.2 Å². The van der Waals surface area contributed by atoms with Crippen LogP contribution in [0.4, 0.5) is 17.5 Å². The van der Waals surface area contributed by atoms with Gasteiger partial charge in [0, 0.05) is 24.8 Å². The number of anilines is 3. The van der Waals surface area contributed by atoms with Crippen molar-refractivity contribution < 1.29 is 4.42 Å². The molecule has 3 heterocycles. The van der Waals surface area contributed by atoms with Gasteiger partial charge in [-0.3, -0.25) is 0 Å². The van der Waals surface area contributed by atoms with Crippen molar-refractivity contribution in [1.82, 2.24) is 15.3 Å². The van der Waals surface area contributed by atoms with Gasteiger partial charge in [0.2, 0.25) is 5.95 Å². The van der Waals surface area contributed by atoms with Crippen LogP contribution in [0, 0.1) is 17.2 Å². The number of hydrogen-bond donors (Lipinski definition) is 2. The second-order valence-electron chi connectivity index (χ2n) is 8.43. The summed E-state index contributed by atoms with van der Waals surface area (Å²) in [5, 5.41) is 15.9. The van der Waals surface area contributed by atoms with Crippen LogP contribution < -0.4 is 15.5 Å². The second-order valence-corrected chi connectivity index (χ2v) is 8.43. The predicted octanol–water partition coefficient (Wildman–Crippen LogP) is 4.20. The van der Waals surface area contributed by atoms with E-state index in [1.54, 1.807) is 6.26 Å². The smallest absolute Gasteiger partial charge is 0.229 e. The van der Waals surface area contributed by atoms with Crippen molar-refractivity contribution in [3.63, 3.8) is 0 Å². The number of furan rings is 1. The largest absolute Gasteiger partial charge is 0.459 e. The number of nitriles is 1. The Kier molecular flexibility index (Phi) is 5.60. The van der Waals surface area contributed by atoms with Gasteiger partial charge in [-0.05, 0) is 63.9 Å². The normalized spacial score (nSPS) is 15.3. The van der Waals surface area contributed by atoms with Crippen molar-refractivity contribution >= 4 is 28.6 Å². The molecule has 0 atom stereocenters. The third-order valence-electron chi connectivity index (χ3n) is 5.83. The maximum absolute atomic E-state index is 9.33. The van der Waals surface area contributed by atoms with Crippen molar-refractivity contribution in [2.24, 2.45) is 5.92 Å². The highest BCUT2D eigenvalue weighted by atomic mass is 16.3. The fraction of sp³-hybridized carbons (Fsp3) is 0.435. The van der Waals surface area contributed by atoms with Crippen LogP contribution in [0.5, 0.6) is 0 Å². The van der Waals surface area contributed by atoms with E-state index in [-0.39, 0.29) is 0 Å². The Hall–Kier alpha value is -3.11. The fourth-order valence-electron chi connectivity index (χ4n) is 3.92. The van der Waals surface area contributed by atoms with Gasteiger partial charge in [0.1, 0.15) is 5.52 Å². The number of nitrogens with zero attached hydrogens (tertiary/aromatic N) is 4. The minimum absolute atomic E-state index is 0.517. The Morgan fingerprint density at radius 1 is 1.17 bits per heavy atom. The van der Waals surface area contributed by atoms with Gasteiger partial charge in [-0.2, -0.15) is 10.2 Å². The number of piperidine rings is 1. The SMILES string of the molecule is CNCC1CCN(c2nc(Nc3ccc(C(C)(C)C#N)cc3)nc3ccoc23)CC1. The van der Waals surface area contributed by atoms with Crippen LogP contribution in [0.25, 0.3) is 11.1 Å². The molecule has 1 aliphatic rings. The molecule has 0 bridgehead atoms. The van der Waals surface area contributed by atoms with Gasteiger partial charge >= 0.3 is 0 Å². The van der Waals surface area contributed by atoms with E-state index in [1.807, 2.05) is 51.2 Å². The third-order valence-corrected chi connectivity index (χ3v) is 5.83. The first kappa shape index (κ1) is 20.2. The zero-order valence-corrected chi connectivity index (χ0v) is 17.8. The summed E-state index contributed by atoms with van der Waals surface area (Å²) in [7, 11) is 2.01. The fourth-order valence-corrected chi connectivity index (χ4v) is 3.92. The van der Waals surface area contributed by atoms with Crippen molar-refractivity contribution in [3.8, 4) is 6.07 Å². The van der Waals surface area contributed by atoms with Gasteiger partial charge in [0.05, 0.1) is 17.7 Å². The highest BCUT2D eigenvalue weighted by Gasteiger charge is 2.24. The molecular formula is C23H28N6O. The number of fused-ring (bicyclic) bond motifs is 1. The lowest BCUT2D eigenvalue weighted by molar-refractivity contribution is 0.392. The van der Waals surface area contributed by atoms with Crippen molar-refractivity contribution in [2.45, 2.75) is 32.1 Å². The lowest BCUT2D eigenvalue weighted by atomic mass is 9.86. The molecule has 0 spiro atoms. The van der Waals surface area contributed by atoms with Crippen LogP contribution >= 0.6 is 0 Å². The van der Waals surface area contributed by atoms with Crippen molar-refractivity contribution in [2.75, 3.05) is 36.9 Å². The van der Waals surface area contributed by atoms with Crippen LogP contribution in [-0.4, -0.2) is 36.6 Å². The molecule has 0 aliphatic carbocycles. The average molecular weight is 405 g/mol. The lowest BCUT2D eigenvalue weighted by Gasteiger charge is -2.32. The molecule has 1 saturated heterocycles. The zero-order valence-electron chi connectivity index (χ0n) is 17.8. The molecule has 0 unspecified atom stereocenters. The molecule has 1 fully saturated rings. The molecule has 2 aromatic heterocycles. The van der Waals surface area contributed by atoms with E-state index >= 15 is 0 Å².